The molecule has 11 heteroatoms. The molecule has 31 heavy (non-hydrogen) atoms. The van der Waals surface area contributed by atoms with Gasteiger partial charge in [-0.05, 0) is 19.3 Å². The number of aryl methyl sites for hydroxylation is 1. The lowest BCUT2D eigenvalue weighted by atomic mass is 9.93. The van der Waals surface area contributed by atoms with Crippen LogP contribution in [0.1, 0.15) is 26.3 Å². The van der Waals surface area contributed by atoms with E-state index in [1.54, 1.807) is 17.2 Å². The summed E-state index contributed by atoms with van der Waals surface area (Å²) in [7, 11) is 1.88. The number of guanidine groups is 1. The van der Waals surface area contributed by atoms with E-state index in [0.29, 0.717) is 25.0 Å². The van der Waals surface area contributed by atoms with Crippen LogP contribution < -0.4 is 10.6 Å². The molecule has 4 rings (SSSR count). The number of fused-ring (bicyclic) bond motifs is 1. The maximum atomic E-state index is 4.86. The fourth-order valence-corrected chi connectivity index (χ4v) is 3.96. The zero-order valence-corrected chi connectivity index (χ0v) is 20.6. The molecule has 1 aliphatic heterocycles. The van der Waals surface area contributed by atoms with Crippen LogP contribution in [0.2, 0.25) is 0 Å². The molecular formula is C20H31IN10. The molecule has 1 aliphatic rings. The third-order valence-corrected chi connectivity index (χ3v) is 5.66. The smallest absolute Gasteiger partial charge is 0.194 e. The lowest BCUT2D eigenvalue weighted by Gasteiger charge is -2.39. The summed E-state index contributed by atoms with van der Waals surface area (Å²) in [6, 6.07) is 0.406. The van der Waals surface area contributed by atoms with Crippen LogP contribution in [-0.2, 0) is 7.05 Å². The normalized spacial score (nSPS) is 19.3. The highest BCUT2D eigenvalue weighted by atomic mass is 127. The van der Waals surface area contributed by atoms with Gasteiger partial charge in [-0.1, -0.05) is 6.92 Å². The molecule has 2 N–H and O–H groups in total. The van der Waals surface area contributed by atoms with Crippen LogP contribution in [-0.4, -0.2) is 72.9 Å². The molecule has 1 saturated heterocycles. The van der Waals surface area contributed by atoms with Crippen LogP contribution in [0.25, 0.3) is 11.0 Å². The Labute approximate surface area is 199 Å². The number of aromatic nitrogens is 6. The number of rotatable bonds is 6. The molecule has 168 valence electrons. The second kappa shape index (κ2) is 10.7. The van der Waals surface area contributed by atoms with Crippen molar-refractivity contribution < 1.29 is 0 Å². The van der Waals surface area contributed by atoms with E-state index in [4.69, 9.17) is 4.99 Å². The molecule has 4 heterocycles. The zero-order chi connectivity index (χ0) is 20.9. The van der Waals surface area contributed by atoms with Gasteiger partial charge in [0.15, 0.2) is 11.6 Å². The number of likely N-dealkylation sites (tertiary alicyclic amines) is 1. The Bertz CT molecular complexity index is 983. The van der Waals surface area contributed by atoms with Gasteiger partial charge in [-0.25, -0.2) is 15.0 Å². The molecule has 2 atom stereocenters. The number of hydrogen-bond acceptors (Lipinski definition) is 6. The summed E-state index contributed by atoms with van der Waals surface area (Å²) in [5, 5.41) is 12.0. The maximum Gasteiger partial charge on any atom is 0.194 e. The molecule has 0 saturated carbocycles. The highest BCUT2D eigenvalue weighted by molar-refractivity contribution is 14.0. The highest BCUT2D eigenvalue weighted by Gasteiger charge is 2.28. The van der Waals surface area contributed by atoms with Crippen molar-refractivity contribution in [3.8, 4) is 0 Å². The van der Waals surface area contributed by atoms with Gasteiger partial charge in [0, 0.05) is 45.6 Å². The molecule has 1 fully saturated rings. The van der Waals surface area contributed by atoms with Crippen LogP contribution in [0, 0.1) is 5.92 Å². The van der Waals surface area contributed by atoms with Crippen molar-refractivity contribution >= 4 is 46.8 Å². The fraction of sp³-hybridized carbons (Fsp3) is 0.550. The number of anilines is 1. The van der Waals surface area contributed by atoms with Gasteiger partial charge in [0.05, 0.1) is 30.5 Å². The molecule has 0 spiro atoms. The van der Waals surface area contributed by atoms with E-state index in [2.05, 4.69) is 60.2 Å². The lowest BCUT2D eigenvalue weighted by molar-refractivity contribution is 0.189. The van der Waals surface area contributed by atoms with E-state index < -0.39 is 0 Å². The summed E-state index contributed by atoms with van der Waals surface area (Å²) >= 11 is 0. The van der Waals surface area contributed by atoms with Crippen molar-refractivity contribution in [3.63, 3.8) is 0 Å². The molecule has 3 aromatic heterocycles. The van der Waals surface area contributed by atoms with Gasteiger partial charge >= 0.3 is 0 Å². The molecule has 0 bridgehead atoms. The van der Waals surface area contributed by atoms with Gasteiger partial charge in [-0.15, -0.1) is 24.0 Å². The second-order valence-corrected chi connectivity index (χ2v) is 7.68. The number of piperidine rings is 1. The van der Waals surface area contributed by atoms with Crippen molar-refractivity contribution in [3.05, 3.63) is 31.2 Å². The Kier molecular flexibility index (Phi) is 8.04. The topological polar surface area (TPSA) is 101 Å². The number of nitrogens with one attached hydrogen (secondary N) is 2. The summed E-state index contributed by atoms with van der Waals surface area (Å²) in [6.07, 6.45) is 10.3. The molecule has 0 aromatic carbocycles. The minimum atomic E-state index is 0. The monoisotopic (exact) mass is 538 g/mol. The number of imidazole rings is 1. The van der Waals surface area contributed by atoms with E-state index in [-0.39, 0.29) is 24.0 Å². The Hall–Kier alpha value is -2.44. The average molecular weight is 538 g/mol. The minimum Gasteiger partial charge on any atom is -0.367 e. The van der Waals surface area contributed by atoms with Gasteiger partial charge in [0.1, 0.15) is 12.1 Å². The fourth-order valence-electron chi connectivity index (χ4n) is 3.96. The Morgan fingerprint density at radius 1 is 1.32 bits per heavy atom. The van der Waals surface area contributed by atoms with Crippen molar-refractivity contribution in [1.29, 1.82) is 0 Å². The number of hydrogen-bond donors (Lipinski definition) is 2. The van der Waals surface area contributed by atoms with Crippen LogP contribution in [0.4, 0.5) is 5.82 Å². The third-order valence-electron chi connectivity index (χ3n) is 5.66. The van der Waals surface area contributed by atoms with Crippen molar-refractivity contribution in [2.75, 3.05) is 38.0 Å². The van der Waals surface area contributed by atoms with E-state index >= 15 is 0 Å². The van der Waals surface area contributed by atoms with E-state index in [9.17, 15) is 0 Å². The molecule has 2 unspecified atom stereocenters. The Morgan fingerprint density at radius 3 is 2.97 bits per heavy atom. The van der Waals surface area contributed by atoms with Crippen LogP contribution in [0.3, 0.4) is 0 Å². The van der Waals surface area contributed by atoms with Crippen molar-refractivity contribution in [1.82, 2.24) is 39.5 Å². The quantitative estimate of drug-likeness (QED) is 0.215. The van der Waals surface area contributed by atoms with Crippen molar-refractivity contribution in [2.45, 2.75) is 26.3 Å². The van der Waals surface area contributed by atoms with Gasteiger partial charge in [-0.2, -0.15) is 5.10 Å². The zero-order valence-electron chi connectivity index (χ0n) is 18.3. The predicted octanol–water partition coefficient (Wildman–Crippen LogP) is 2.14. The first kappa shape index (κ1) is 23.2. The van der Waals surface area contributed by atoms with Gasteiger partial charge < -0.3 is 20.1 Å². The van der Waals surface area contributed by atoms with E-state index in [1.807, 2.05) is 19.6 Å². The molecule has 10 nitrogen and oxygen atoms in total. The first-order valence-corrected chi connectivity index (χ1v) is 10.5. The first-order valence-electron chi connectivity index (χ1n) is 10.5. The summed E-state index contributed by atoms with van der Waals surface area (Å²) < 4.78 is 3.97. The van der Waals surface area contributed by atoms with E-state index in [0.717, 1.165) is 48.9 Å². The minimum absolute atomic E-state index is 0. The summed E-state index contributed by atoms with van der Waals surface area (Å²) in [6.45, 7) is 8.54. The average Bonchev–Trinajstić information content (AvgIpc) is 3.42. The summed E-state index contributed by atoms with van der Waals surface area (Å²) in [5.74, 6) is 2.37. The number of aliphatic imine (C=N–C) groups is 1. The SMILES string of the molecule is CCNC(=NCCNc1ncnc2c1cnn2C)N1CCC(C)C(n2ccnc2)C1.I. The second-order valence-electron chi connectivity index (χ2n) is 7.68. The third kappa shape index (κ3) is 5.25. The number of nitrogens with zero attached hydrogens (tertiary/aromatic N) is 8. The molecular weight excluding hydrogens is 507 g/mol. The molecule has 0 amide bonds. The van der Waals surface area contributed by atoms with Gasteiger partial charge in [0.2, 0.25) is 0 Å². The molecule has 0 radical (unpaired) electrons. The lowest BCUT2D eigenvalue weighted by Crippen LogP contribution is -2.49. The standard InChI is InChI=1S/C20H30N10.HI/c1-4-22-20(29-9-5-15(2)17(12-29)30-10-8-21-14-30)24-7-6-23-18-16-11-27-28(3)19(16)26-13-25-18;/h8,10-11,13-15,17H,4-7,9,12H2,1-3H3,(H,22,24)(H,23,25,26);1H. The largest absolute Gasteiger partial charge is 0.367 e. The van der Waals surface area contributed by atoms with Gasteiger partial charge in [0.25, 0.3) is 0 Å². The van der Waals surface area contributed by atoms with Crippen LogP contribution >= 0.6 is 24.0 Å². The van der Waals surface area contributed by atoms with Gasteiger partial charge in [-0.3, -0.25) is 9.67 Å². The summed E-state index contributed by atoms with van der Waals surface area (Å²) in [5.41, 5.74) is 0.817. The van der Waals surface area contributed by atoms with E-state index in [1.165, 1.54) is 0 Å². The molecule has 3 aromatic rings. The summed E-state index contributed by atoms with van der Waals surface area (Å²) in [4.78, 5) is 20.1. The Morgan fingerprint density at radius 2 is 2.19 bits per heavy atom. The maximum absolute atomic E-state index is 4.86. The Balaban J connectivity index is 0.00000272. The highest BCUT2D eigenvalue weighted by Crippen LogP contribution is 2.27. The van der Waals surface area contributed by atoms with Crippen molar-refractivity contribution in [2.24, 2.45) is 18.0 Å². The van der Waals surface area contributed by atoms with Crippen LogP contribution in [0.5, 0.6) is 0 Å². The molecule has 0 aliphatic carbocycles. The first-order chi connectivity index (χ1) is 14.7. The van der Waals surface area contributed by atoms with Crippen LogP contribution in [0.15, 0.2) is 36.2 Å². The number of halogens is 1. The predicted molar refractivity (Wildman–Crippen MR) is 133 cm³/mol.